The number of benzene rings is 2. The van der Waals surface area contributed by atoms with Crippen LogP contribution in [0.2, 0.25) is 5.02 Å². The van der Waals surface area contributed by atoms with Gasteiger partial charge < -0.3 is 5.32 Å². The molecule has 0 heterocycles. The smallest absolute Gasteiger partial charge is 0.0487 e. The minimum Gasteiger partial charge on any atom is -0.313 e. The summed E-state index contributed by atoms with van der Waals surface area (Å²) in [5, 5.41) is 4.32. The Bertz CT molecular complexity index is 632. The van der Waals surface area contributed by atoms with Gasteiger partial charge in [0, 0.05) is 17.1 Å². The molecule has 0 spiro atoms. The van der Waals surface area contributed by atoms with Crippen LogP contribution in [0, 0.1) is 20.8 Å². The van der Waals surface area contributed by atoms with Crippen LogP contribution >= 0.6 is 11.6 Å². The fourth-order valence-corrected chi connectivity index (χ4v) is 2.80. The molecule has 0 atom stereocenters. The molecule has 2 rings (SSSR count). The molecule has 0 fully saturated rings. The van der Waals surface area contributed by atoms with Gasteiger partial charge in [0.25, 0.3) is 0 Å². The molecule has 0 aliphatic heterocycles. The van der Waals surface area contributed by atoms with E-state index >= 15 is 0 Å². The van der Waals surface area contributed by atoms with E-state index in [0.29, 0.717) is 0 Å². The number of nitrogens with one attached hydrogen (secondary N) is 1. The average Bonchev–Trinajstić information content (AvgIpc) is 2.45. The summed E-state index contributed by atoms with van der Waals surface area (Å²) in [5.41, 5.74) is 7.46. The molecule has 0 amide bonds. The van der Waals surface area contributed by atoms with Gasteiger partial charge in [0.05, 0.1) is 0 Å². The van der Waals surface area contributed by atoms with Gasteiger partial charge in [-0.2, -0.15) is 0 Å². The molecule has 0 bridgehead atoms. The molecule has 0 saturated heterocycles. The number of rotatable bonds is 5. The van der Waals surface area contributed by atoms with Gasteiger partial charge in [-0.1, -0.05) is 42.3 Å². The lowest BCUT2D eigenvalue weighted by molar-refractivity contribution is 0.676. The van der Waals surface area contributed by atoms with E-state index in [1.165, 1.54) is 27.8 Å². The second kappa shape index (κ2) is 7.11. The summed E-state index contributed by atoms with van der Waals surface area (Å²) in [6, 6.07) is 10.9. The van der Waals surface area contributed by atoms with E-state index in [1.54, 1.807) is 0 Å². The van der Waals surface area contributed by atoms with E-state index < -0.39 is 0 Å². The Balaban J connectivity index is 2.46. The maximum absolute atomic E-state index is 6.50. The van der Waals surface area contributed by atoms with Crippen molar-refractivity contribution in [2.75, 3.05) is 6.54 Å². The highest BCUT2D eigenvalue weighted by molar-refractivity contribution is 6.33. The Kier molecular flexibility index (Phi) is 5.44. The maximum Gasteiger partial charge on any atom is 0.0487 e. The third kappa shape index (κ3) is 3.87. The van der Waals surface area contributed by atoms with Crippen molar-refractivity contribution >= 4 is 11.6 Å². The van der Waals surface area contributed by atoms with Crippen LogP contribution in [-0.2, 0) is 6.54 Å². The van der Waals surface area contributed by atoms with Crippen LogP contribution in [0.15, 0.2) is 30.3 Å². The molecule has 112 valence electrons. The van der Waals surface area contributed by atoms with E-state index in [4.69, 9.17) is 11.6 Å². The van der Waals surface area contributed by atoms with Gasteiger partial charge in [0.1, 0.15) is 0 Å². The zero-order valence-corrected chi connectivity index (χ0v) is 14.1. The lowest BCUT2D eigenvalue weighted by Crippen LogP contribution is -2.14. The van der Waals surface area contributed by atoms with Gasteiger partial charge in [-0.05, 0) is 68.1 Å². The minimum atomic E-state index is 0.834. The summed E-state index contributed by atoms with van der Waals surface area (Å²) in [6.07, 6.45) is 1.14. The topological polar surface area (TPSA) is 12.0 Å². The van der Waals surface area contributed by atoms with Crippen LogP contribution in [-0.4, -0.2) is 6.54 Å². The number of halogens is 1. The van der Waals surface area contributed by atoms with Gasteiger partial charge in [-0.25, -0.2) is 0 Å². The Morgan fingerprint density at radius 2 is 1.67 bits per heavy atom. The molecule has 0 aliphatic rings. The van der Waals surface area contributed by atoms with Crippen LogP contribution in [0.4, 0.5) is 0 Å². The van der Waals surface area contributed by atoms with Gasteiger partial charge in [0.15, 0.2) is 0 Å². The third-order valence-corrected chi connectivity index (χ3v) is 4.19. The van der Waals surface area contributed by atoms with Crippen molar-refractivity contribution in [2.24, 2.45) is 0 Å². The molecular weight excluding hydrogens is 278 g/mol. The van der Waals surface area contributed by atoms with Crippen molar-refractivity contribution in [3.8, 4) is 11.1 Å². The van der Waals surface area contributed by atoms with Gasteiger partial charge in [-0.3, -0.25) is 0 Å². The summed E-state index contributed by atoms with van der Waals surface area (Å²) in [7, 11) is 0. The first kappa shape index (κ1) is 16.1. The Labute approximate surface area is 133 Å². The number of hydrogen-bond acceptors (Lipinski definition) is 1. The average molecular weight is 302 g/mol. The van der Waals surface area contributed by atoms with Crippen LogP contribution in [0.1, 0.15) is 35.6 Å². The zero-order chi connectivity index (χ0) is 15.4. The van der Waals surface area contributed by atoms with Crippen molar-refractivity contribution in [2.45, 2.75) is 40.7 Å². The zero-order valence-electron chi connectivity index (χ0n) is 13.4. The van der Waals surface area contributed by atoms with E-state index in [0.717, 1.165) is 30.1 Å². The number of hydrogen-bond donors (Lipinski definition) is 1. The molecule has 0 radical (unpaired) electrons. The second-order valence-electron chi connectivity index (χ2n) is 5.75. The Morgan fingerprint density at radius 1 is 0.952 bits per heavy atom. The highest BCUT2D eigenvalue weighted by Crippen LogP contribution is 2.33. The molecule has 2 heteroatoms. The molecule has 21 heavy (non-hydrogen) atoms. The summed E-state index contributed by atoms with van der Waals surface area (Å²) in [4.78, 5) is 0. The van der Waals surface area contributed by atoms with Gasteiger partial charge in [0.2, 0.25) is 0 Å². The summed E-state index contributed by atoms with van der Waals surface area (Å²) in [6.45, 7) is 10.5. The summed E-state index contributed by atoms with van der Waals surface area (Å²) < 4.78 is 0. The largest absolute Gasteiger partial charge is 0.313 e. The second-order valence-corrected chi connectivity index (χ2v) is 6.16. The van der Waals surface area contributed by atoms with Crippen LogP contribution in [0.25, 0.3) is 11.1 Å². The van der Waals surface area contributed by atoms with Crippen LogP contribution in [0.3, 0.4) is 0 Å². The van der Waals surface area contributed by atoms with E-state index in [2.05, 4.69) is 63.3 Å². The summed E-state index contributed by atoms with van der Waals surface area (Å²) in [5.74, 6) is 0. The SMILES string of the molecule is CCCNCc1ccc(C)cc1-c1cc(C)c(C)cc1Cl. The first-order chi connectivity index (χ1) is 10.0. The molecule has 1 nitrogen and oxygen atoms in total. The first-order valence-electron chi connectivity index (χ1n) is 7.60. The van der Waals surface area contributed by atoms with E-state index in [-0.39, 0.29) is 0 Å². The molecular formula is C19H24ClN. The van der Waals surface area contributed by atoms with Crippen molar-refractivity contribution in [1.82, 2.24) is 5.32 Å². The molecule has 0 unspecified atom stereocenters. The molecule has 0 aromatic heterocycles. The highest BCUT2D eigenvalue weighted by Gasteiger charge is 2.10. The first-order valence-corrected chi connectivity index (χ1v) is 7.98. The normalized spacial score (nSPS) is 10.9. The Morgan fingerprint density at radius 3 is 2.38 bits per heavy atom. The minimum absolute atomic E-state index is 0.834. The molecule has 1 N–H and O–H groups in total. The molecule has 0 saturated carbocycles. The third-order valence-electron chi connectivity index (χ3n) is 3.88. The van der Waals surface area contributed by atoms with Crippen molar-refractivity contribution in [3.63, 3.8) is 0 Å². The lowest BCUT2D eigenvalue weighted by Gasteiger charge is -2.15. The molecule has 0 aliphatic carbocycles. The monoisotopic (exact) mass is 301 g/mol. The fourth-order valence-electron chi connectivity index (χ4n) is 2.48. The van der Waals surface area contributed by atoms with Crippen LogP contribution in [0.5, 0.6) is 0 Å². The summed E-state index contributed by atoms with van der Waals surface area (Å²) >= 11 is 6.50. The molecule has 2 aromatic rings. The lowest BCUT2D eigenvalue weighted by atomic mass is 9.95. The highest BCUT2D eigenvalue weighted by atomic mass is 35.5. The van der Waals surface area contributed by atoms with Crippen LogP contribution < -0.4 is 5.32 Å². The predicted octanol–water partition coefficient (Wildman–Crippen LogP) is 5.43. The predicted molar refractivity (Wildman–Crippen MR) is 93.1 cm³/mol. The van der Waals surface area contributed by atoms with Gasteiger partial charge in [-0.15, -0.1) is 0 Å². The fraction of sp³-hybridized carbons (Fsp3) is 0.368. The maximum atomic E-state index is 6.50. The van der Waals surface area contributed by atoms with E-state index in [1.807, 2.05) is 0 Å². The standard InChI is InChI=1S/C19H24ClN/c1-5-8-21-12-16-7-6-13(2)9-17(16)18-10-14(3)15(4)11-19(18)20/h6-7,9-11,21H,5,8,12H2,1-4H3. The van der Waals surface area contributed by atoms with Crippen molar-refractivity contribution in [1.29, 1.82) is 0 Å². The van der Waals surface area contributed by atoms with Crippen molar-refractivity contribution < 1.29 is 0 Å². The number of aryl methyl sites for hydroxylation is 3. The molecule has 2 aromatic carbocycles. The van der Waals surface area contributed by atoms with Gasteiger partial charge >= 0.3 is 0 Å². The van der Waals surface area contributed by atoms with E-state index in [9.17, 15) is 0 Å². The Hall–Kier alpha value is -1.31. The van der Waals surface area contributed by atoms with Crippen molar-refractivity contribution in [3.05, 3.63) is 57.6 Å². The quantitative estimate of drug-likeness (QED) is 0.726.